The van der Waals surface area contributed by atoms with Crippen molar-refractivity contribution in [2.75, 3.05) is 13.8 Å². The fourth-order valence-corrected chi connectivity index (χ4v) is 3.08. The van der Waals surface area contributed by atoms with Crippen LogP contribution in [0.2, 0.25) is 0 Å². The summed E-state index contributed by atoms with van der Waals surface area (Å²) in [7, 11) is 1.78. The van der Waals surface area contributed by atoms with Crippen molar-refractivity contribution in [1.29, 1.82) is 0 Å². The van der Waals surface area contributed by atoms with Crippen LogP contribution in [-0.4, -0.2) is 19.8 Å². The summed E-state index contributed by atoms with van der Waals surface area (Å²) in [6.07, 6.45) is 0. The van der Waals surface area contributed by atoms with E-state index in [1.54, 1.807) is 7.05 Å². The minimum Gasteiger partial charge on any atom is -0.454 e. The summed E-state index contributed by atoms with van der Waals surface area (Å²) >= 11 is 0. The van der Waals surface area contributed by atoms with Crippen LogP contribution < -0.4 is 20.1 Å². The second-order valence-electron chi connectivity index (χ2n) is 6.11. The zero-order valence-corrected chi connectivity index (χ0v) is 14.7. The lowest BCUT2D eigenvalue weighted by Gasteiger charge is -2.13. The summed E-state index contributed by atoms with van der Waals surface area (Å²) in [6, 6.07) is 20.7. The van der Waals surface area contributed by atoms with Crippen molar-refractivity contribution < 1.29 is 9.47 Å². The molecule has 0 saturated heterocycles. The van der Waals surface area contributed by atoms with E-state index in [0.29, 0.717) is 19.9 Å². The summed E-state index contributed by atoms with van der Waals surface area (Å²) in [5.74, 6) is 2.35. The van der Waals surface area contributed by atoms with E-state index < -0.39 is 0 Å². The maximum absolute atomic E-state index is 5.42. The molecule has 0 fully saturated rings. The summed E-state index contributed by atoms with van der Waals surface area (Å²) in [5.41, 5.74) is 2.36. The Balaban J connectivity index is 1.39. The van der Waals surface area contributed by atoms with Gasteiger partial charge in [-0.25, -0.2) is 0 Å². The standard InChI is InChI=1S/C21H21N3O2/c1-22-21(23-12-15-9-10-19-20(11-15)26-14-25-19)24-13-17-7-4-6-16-5-2-3-8-18(16)17/h2-11H,12-14H2,1H3,(H2,22,23,24). The van der Waals surface area contributed by atoms with E-state index in [9.17, 15) is 0 Å². The van der Waals surface area contributed by atoms with Gasteiger partial charge in [0.15, 0.2) is 17.5 Å². The molecule has 0 radical (unpaired) electrons. The van der Waals surface area contributed by atoms with Crippen LogP contribution in [0, 0.1) is 0 Å². The molecule has 0 aliphatic carbocycles. The molecule has 0 amide bonds. The molecule has 0 atom stereocenters. The number of fused-ring (bicyclic) bond motifs is 2. The minimum absolute atomic E-state index is 0.292. The zero-order valence-electron chi connectivity index (χ0n) is 14.7. The van der Waals surface area contributed by atoms with Crippen LogP contribution in [0.1, 0.15) is 11.1 Å². The normalized spacial score (nSPS) is 13.0. The third-order valence-electron chi connectivity index (χ3n) is 4.45. The van der Waals surface area contributed by atoms with Gasteiger partial charge in [0.05, 0.1) is 0 Å². The van der Waals surface area contributed by atoms with Crippen molar-refractivity contribution in [3.8, 4) is 11.5 Å². The van der Waals surface area contributed by atoms with Crippen molar-refractivity contribution >= 4 is 16.7 Å². The van der Waals surface area contributed by atoms with Gasteiger partial charge in [-0.1, -0.05) is 48.5 Å². The Morgan fingerprint density at radius 1 is 0.923 bits per heavy atom. The van der Waals surface area contributed by atoms with E-state index in [-0.39, 0.29) is 0 Å². The fourth-order valence-electron chi connectivity index (χ4n) is 3.08. The Bertz CT molecular complexity index is 948. The van der Waals surface area contributed by atoms with Crippen LogP contribution in [-0.2, 0) is 13.1 Å². The zero-order chi connectivity index (χ0) is 17.8. The van der Waals surface area contributed by atoms with Crippen LogP contribution in [0.3, 0.4) is 0 Å². The molecule has 0 saturated carbocycles. The molecule has 2 N–H and O–H groups in total. The second-order valence-corrected chi connectivity index (χ2v) is 6.11. The molecule has 0 spiro atoms. The lowest BCUT2D eigenvalue weighted by atomic mass is 10.0. The number of guanidine groups is 1. The minimum atomic E-state index is 0.292. The highest BCUT2D eigenvalue weighted by Crippen LogP contribution is 2.32. The molecule has 26 heavy (non-hydrogen) atoms. The van der Waals surface area contributed by atoms with Gasteiger partial charge in [0.2, 0.25) is 6.79 Å². The van der Waals surface area contributed by atoms with E-state index in [1.165, 1.54) is 16.3 Å². The predicted molar refractivity (Wildman–Crippen MR) is 104 cm³/mol. The summed E-state index contributed by atoms with van der Waals surface area (Å²) in [4.78, 5) is 4.31. The van der Waals surface area contributed by atoms with E-state index in [4.69, 9.17) is 9.47 Å². The SMILES string of the molecule is CN=C(NCc1ccc2c(c1)OCO2)NCc1cccc2ccccc12. The molecule has 5 heteroatoms. The molecule has 4 rings (SSSR count). The smallest absolute Gasteiger partial charge is 0.231 e. The van der Waals surface area contributed by atoms with Gasteiger partial charge in [0, 0.05) is 20.1 Å². The Hall–Kier alpha value is -3.21. The number of nitrogens with zero attached hydrogens (tertiary/aromatic N) is 1. The van der Waals surface area contributed by atoms with E-state index in [1.807, 2.05) is 18.2 Å². The van der Waals surface area contributed by atoms with Crippen LogP contribution >= 0.6 is 0 Å². The van der Waals surface area contributed by atoms with Gasteiger partial charge < -0.3 is 20.1 Å². The van der Waals surface area contributed by atoms with Crippen molar-refractivity contribution in [1.82, 2.24) is 10.6 Å². The molecule has 0 aromatic heterocycles. The number of rotatable bonds is 4. The Morgan fingerprint density at radius 3 is 2.65 bits per heavy atom. The number of benzene rings is 3. The van der Waals surface area contributed by atoms with Crippen LogP contribution in [0.4, 0.5) is 0 Å². The average molecular weight is 347 g/mol. The summed E-state index contributed by atoms with van der Waals surface area (Å²) < 4.78 is 10.8. The van der Waals surface area contributed by atoms with Crippen LogP contribution in [0.15, 0.2) is 65.7 Å². The quantitative estimate of drug-likeness (QED) is 0.561. The maximum atomic E-state index is 5.42. The third-order valence-corrected chi connectivity index (χ3v) is 4.45. The molecule has 5 nitrogen and oxygen atoms in total. The molecular weight excluding hydrogens is 326 g/mol. The highest BCUT2D eigenvalue weighted by Gasteiger charge is 2.13. The molecule has 1 aliphatic heterocycles. The van der Waals surface area contributed by atoms with Gasteiger partial charge in [0.25, 0.3) is 0 Å². The molecule has 1 aliphatic rings. The number of aliphatic imine (C=N–C) groups is 1. The molecule has 3 aromatic carbocycles. The first-order valence-corrected chi connectivity index (χ1v) is 8.63. The Kier molecular flexibility index (Phi) is 4.60. The fraction of sp³-hybridized carbons (Fsp3) is 0.190. The lowest BCUT2D eigenvalue weighted by Crippen LogP contribution is -2.36. The molecule has 3 aromatic rings. The first kappa shape index (κ1) is 16.3. The van der Waals surface area contributed by atoms with Crippen molar-refractivity contribution in [2.45, 2.75) is 13.1 Å². The Labute approximate surface area is 152 Å². The monoisotopic (exact) mass is 347 g/mol. The summed E-state index contributed by atoms with van der Waals surface area (Å²) in [6.45, 7) is 1.66. The van der Waals surface area contributed by atoms with Gasteiger partial charge in [0.1, 0.15) is 0 Å². The molecule has 1 heterocycles. The third kappa shape index (κ3) is 3.42. The highest BCUT2D eigenvalue weighted by molar-refractivity contribution is 5.86. The first-order chi connectivity index (χ1) is 12.8. The molecule has 132 valence electrons. The van der Waals surface area contributed by atoms with Crippen LogP contribution in [0.25, 0.3) is 10.8 Å². The van der Waals surface area contributed by atoms with Gasteiger partial charge in [-0.2, -0.15) is 0 Å². The maximum Gasteiger partial charge on any atom is 0.231 e. The number of hydrogen-bond acceptors (Lipinski definition) is 3. The lowest BCUT2D eigenvalue weighted by molar-refractivity contribution is 0.174. The van der Waals surface area contributed by atoms with E-state index >= 15 is 0 Å². The molecular formula is C21H21N3O2. The van der Waals surface area contributed by atoms with Gasteiger partial charge in [-0.3, -0.25) is 4.99 Å². The summed E-state index contributed by atoms with van der Waals surface area (Å²) in [5, 5.41) is 9.22. The van der Waals surface area contributed by atoms with Crippen molar-refractivity contribution in [3.05, 3.63) is 71.8 Å². The number of nitrogens with one attached hydrogen (secondary N) is 2. The second kappa shape index (κ2) is 7.35. The Morgan fingerprint density at radius 2 is 1.73 bits per heavy atom. The van der Waals surface area contributed by atoms with Crippen LogP contribution in [0.5, 0.6) is 11.5 Å². The van der Waals surface area contributed by atoms with E-state index in [0.717, 1.165) is 23.0 Å². The van der Waals surface area contributed by atoms with E-state index in [2.05, 4.69) is 58.1 Å². The highest BCUT2D eigenvalue weighted by atomic mass is 16.7. The largest absolute Gasteiger partial charge is 0.454 e. The average Bonchev–Trinajstić information content (AvgIpc) is 3.16. The van der Waals surface area contributed by atoms with Crippen molar-refractivity contribution in [2.24, 2.45) is 4.99 Å². The first-order valence-electron chi connectivity index (χ1n) is 8.63. The van der Waals surface area contributed by atoms with Gasteiger partial charge in [-0.05, 0) is 34.0 Å². The van der Waals surface area contributed by atoms with Gasteiger partial charge >= 0.3 is 0 Å². The predicted octanol–water partition coefficient (Wildman–Crippen LogP) is 3.43. The topological polar surface area (TPSA) is 54.9 Å². The number of ether oxygens (including phenoxy) is 2. The van der Waals surface area contributed by atoms with Crippen molar-refractivity contribution in [3.63, 3.8) is 0 Å². The molecule has 0 bridgehead atoms. The van der Waals surface area contributed by atoms with Gasteiger partial charge in [-0.15, -0.1) is 0 Å². The molecule has 0 unspecified atom stereocenters. The number of hydrogen-bond donors (Lipinski definition) is 2.